The summed E-state index contributed by atoms with van der Waals surface area (Å²) in [6, 6.07) is 8.27. The van der Waals surface area contributed by atoms with Crippen LogP contribution in [0.1, 0.15) is 30.9 Å². The van der Waals surface area contributed by atoms with Gasteiger partial charge in [-0.05, 0) is 30.4 Å². The third kappa shape index (κ3) is 2.03. The van der Waals surface area contributed by atoms with Crippen molar-refractivity contribution in [1.82, 2.24) is 0 Å². The average Bonchev–Trinajstić information content (AvgIpc) is 3.02. The molecule has 1 nitrogen and oxygen atoms in total. The monoisotopic (exact) mass is 188 g/mol. The van der Waals surface area contributed by atoms with Gasteiger partial charge < -0.3 is 0 Å². The van der Waals surface area contributed by atoms with Crippen molar-refractivity contribution in [1.29, 1.82) is 0 Å². The van der Waals surface area contributed by atoms with E-state index < -0.39 is 0 Å². The van der Waals surface area contributed by atoms with E-state index in [2.05, 4.69) is 19.1 Å². The summed E-state index contributed by atoms with van der Waals surface area (Å²) >= 11 is 0. The fourth-order valence-corrected chi connectivity index (χ4v) is 1.81. The number of hydrogen-bond acceptors (Lipinski definition) is 1. The number of carbonyl (C=O) groups excluding carboxylic acids is 1. The van der Waals surface area contributed by atoms with Gasteiger partial charge in [-0.3, -0.25) is 4.79 Å². The van der Waals surface area contributed by atoms with Crippen LogP contribution in [0.25, 0.3) is 0 Å². The second kappa shape index (κ2) is 3.95. The Balaban J connectivity index is 2.10. The number of hydrogen-bond donors (Lipinski definition) is 0. The molecule has 2 rings (SSSR count). The Kier molecular flexibility index (Phi) is 2.67. The third-order valence-electron chi connectivity index (χ3n) is 2.90. The minimum absolute atomic E-state index is 0.389. The van der Waals surface area contributed by atoms with E-state index in [0.29, 0.717) is 18.1 Å². The van der Waals surface area contributed by atoms with E-state index in [4.69, 9.17) is 0 Å². The molecule has 0 N–H and O–H groups in total. The fourth-order valence-electron chi connectivity index (χ4n) is 1.81. The summed E-state index contributed by atoms with van der Waals surface area (Å²) in [6.45, 7) is 2.14. The van der Waals surface area contributed by atoms with Crippen molar-refractivity contribution < 1.29 is 4.79 Å². The Morgan fingerprint density at radius 3 is 2.50 bits per heavy atom. The van der Waals surface area contributed by atoms with Crippen LogP contribution in [0.5, 0.6) is 0 Å². The van der Waals surface area contributed by atoms with Gasteiger partial charge in [-0.2, -0.15) is 0 Å². The number of ketones is 1. The lowest BCUT2D eigenvalue weighted by molar-refractivity contribution is -0.119. The summed E-state index contributed by atoms with van der Waals surface area (Å²) in [5.74, 6) is 0.825. The molecule has 1 fully saturated rings. The Labute approximate surface area is 85.1 Å². The second-order valence-electron chi connectivity index (χ2n) is 4.04. The fraction of sp³-hybridized carbons (Fsp3) is 0.462. The molecule has 0 unspecified atom stereocenters. The maximum Gasteiger partial charge on any atom is 0.140 e. The van der Waals surface area contributed by atoms with Gasteiger partial charge in [-0.1, -0.05) is 31.2 Å². The molecule has 1 aliphatic rings. The molecule has 0 bridgehead atoms. The van der Waals surface area contributed by atoms with Crippen LogP contribution in [-0.2, 0) is 17.6 Å². The lowest BCUT2D eigenvalue weighted by Crippen LogP contribution is -2.06. The van der Waals surface area contributed by atoms with E-state index >= 15 is 0 Å². The highest BCUT2D eigenvalue weighted by molar-refractivity contribution is 5.85. The van der Waals surface area contributed by atoms with Gasteiger partial charge in [0.1, 0.15) is 5.78 Å². The number of carbonyl (C=O) groups is 1. The van der Waals surface area contributed by atoms with Gasteiger partial charge in [0.15, 0.2) is 0 Å². The van der Waals surface area contributed by atoms with Gasteiger partial charge >= 0.3 is 0 Å². The van der Waals surface area contributed by atoms with Crippen LogP contribution in [0.15, 0.2) is 24.3 Å². The molecule has 1 heteroatoms. The molecule has 0 atom stereocenters. The number of aryl methyl sites for hydroxylation is 1. The summed E-state index contributed by atoms with van der Waals surface area (Å²) in [5, 5.41) is 0. The van der Waals surface area contributed by atoms with Crippen molar-refractivity contribution in [3.05, 3.63) is 35.4 Å². The lowest BCUT2D eigenvalue weighted by atomic mass is 9.99. The molecule has 0 heterocycles. The molecule has 1 aromatic carbocycles. The topological polar surface area (TPSA) is 17.1 Å². The van der Waals surface area contributed by atoms with Gasteiger partial charge in [0.25, 0.3) is 0 Å². The molecule has 1 saturated carbocycles. The van der Waals surface area contributed by atoms with E-state index in [-0.39, 0.29) is 0 Å². The van der Waals surface area contributed by atoms with Gasteiger partial charge in [-0.15, -0.1) is 0 Å². The van der Waals surface area contributed by atoms with E-state index in [1.54, 1.807) is 0 Å². The molecule has 1 aliphatic carbocycles. The first-order chi connectivity index (χ1) is 6.81. The van der Waals surface area contributed by atoms with Crippen LogP contribution in [0.4, 0.5) is 0 Å². The number of rotatable bonds is 4. The molecule has 74 valence electrons. The van der Waals surface area contributed by atoms with Crippen molar-refractivity contribution in [2.24, 2.45) is 5.92 Å². The summed E-state index contributed by atoms with van der Waals surface area (Å²) in [5.41, 5.74) is 2.55. The zero-order chi connectivity index (χ0) is 9.97. The van der Waals surface area contributed by atoms with Crippen molar-refractivity contribution in [3.63, 3.8) is 0 Å². The maximum atomic E-state index is 11.6. The Hall–Kier alpha value is -1.11. The first kappa shape index (κ1) is 9.45. The Morgan fingerprint density at radius 1 is 1.29 bits per heavy atom. The maximum absolute atomic E-state index is 11.6. The van der Waals surface area contributed by atoms with Gasteiger partial charge in [0.2, 0.25) is 0 Å². The first-order valence-electron chi connectivity index (χ1n) is 5.40. The van der Waals surface area contributed by atoms with E-state index in [0.717, 1.165) is 19.3 Å². The van der Waals surface area contributed by atoms with Crippen LogP contribution in [0.2, 0.25) is 0 Å². The highest BCUT2D eigenvalue weighted by atomic mass is 16.1. The zero-order valence-electron chi connectivity index (χ0n) is 8.62. The van der Waals surface area contributed by atoms with Crippen molar-refractivity contribution in [3.8, 4) is 0 Å². The Morgan fingerprint density at radius 2 is 1.93 bits per heavy atom. The first-order valence-corrected chi connectivity index (χ1v) is 5.40. The van der Waals surface area contributed by atoms with Crippen LogP contribution >= 0.6 is 0 Å². The minimum Gasteiger partial charge on any atom is -0.299 e. The summed E-state index contributed by atoms with van der Waals surface area (Å²) in [7, 11) is 0. The highest BCUT2D eigenvalue weighted by Crippen LogP contribution is 2.31. The molecule has 14 heavy (non-hydrogen) atoms. The third-order valence-corrected chi connectivity index (χ3v) is 2.90. The normalized spacial score (nSPS) is 15.5. The molecule has 0 radical (unpaired) electrons. The van der Waals surface area contributed by atoms with Crippen LogP contribution in [0.3, 0.4) is 0 Å². The molecule has 0 aromatic heterocycles. The zero-order valence-corrected chi connectivity index (χ0v) is 8.62. The molecule has 0 amide bonds. The number of Topliss-reactive ketones (excluding diaryl/α,β-unsaturated/α-hetero) is 1. The molecule has 0 aliphatic heterocycles. The molecule has 0 spiro atoms. The van der Waals surface area contributed by atoms with Gasteiger partial charge in [0, 0.05) is 12.3 Å². The summed E-state index contributed by atoms with van der Waals surface area (Å²) in [4.78, 5) is 11.6. The molecular formula is C13H16O. The van der Waals surface area contributed by atoms with E-state index in [9.17, 15) is 4.79 Å². The van der Waals surface area contributed by atoms with Crippen LogP contribution in [-0.4, -0.2) is 5.78 Å². The average molecular weight is 188 g/mol. The highest BCUT2D eigenvalue weighted by Gasteiger charge is 2.29. The predicted octanol–water partition coefficient (Wildman–Crippen LogP) is 2.77. The van der Waals surface area contributed by atoms with E-state index in [1.807, 2.05) is 12.1 Å². The molecule has 1 aromatic rings. The van der Waals surface area contributed by atoms with Crippen molar-refractivity contribution >= 4 is 5.78 Å². The van der Waals surface area contributed by atoms with Crippen molar-refractivity contribution in [2.75, 3.05) is 0 Å². The molecular weight excluding hydrogens is 172 g/mol. The van der Waals surface area contributed by atoms with Gasteiger partial charge in [0.05, 0.1) is 0 Å². The predicted molar refractivity (Wildman–Crippen MR) is 57.3 cm³/mol. The quantitative estimate of drug-likeness (QED) is 0.710. The smallest absolute Gasteiger partial charge is 0.140 e. The largest absolute Gasteiger partial charge is 0.299 e. The van der Waals surface area contributed by atoms with Crippen LogP contribution < -0.4 is 0 Å². The van der Waals surface area contributed by atoms with E-state index in [1.165, 1.54) is 11.1 Å². The SMILES string of the molecule is CCc1ccccc1CC(=O)C1CC1. The Bertz CT molecular complexity index is 337. The second-order valence-corrected chi connectivity index (χ2v) is 4.04. The molecule has 0 saturated heterocycles. The standard InChI is InChI=1S/C13H16O/c1-2-10-5-3-4-6-12(10)9-13(14)11-7-8-11/h3-6,11H,2,7-9H2,1H3. The van der Waals surface area contributed by atoms with Gasteiger partial charge in [-0.25, -0.2) is 0 Å². The minimum atomic E-state index is 0.389. The summed E-state index contributed by atoms with van der Waals surface area (Å²) in [6.07, 6.45) is 3.91. The number of benzene rings is 1. The van der Waals surface area contributed by atoms with Crippen molar-refractivity contribution in [2.45, 2.75) is 32.6 Å². The lowest BCUT2D eigenvalue weighted by Gasteiger charge is -2.05. The van der Waals surface area contributed by atoms with Crippen LogP contribution in [0, 0.1) is 5.92 Å². The summed E-state index contributed by atoms with van der Waals surface area (Å²) < 4.78 is 0.